The Kier molecular flexibility index (Phi) is 2.29. The molecule has 10 heavy (non-hydrogen) atoms. The molecule has 0 aromatic heterocycles. The molecule has 54 valence electrons. The zero-order chi connectivity index (χ0) is 7.56. The van der Waals surface area contributed by atoms with Crippen LogP contribution in [0, 0.1) is 13.8 Å². The van der Waals surface area contributed by atoms with E-state index in [1.165, 1.54) is 11.1 Å². The van der Waals surface area contributed by atoms with Crippen molar-refractivity contribution in [1.29, 1.82) is 0 Å². The number of aryl methyl sites for hydroxylation is 2. The fourth-order valence-corrected chi connectivity index (χ4v) is 1.74. The molecule has 0 saturated heterocycles. The molecule has 0 radical (unpaired) electrons. The minimum absolute atomic E-state index is 0.764. The van der Waals surface area contributed by atoms with E-state index in [1.807, 2.05) is 26.0 Å². The smallest absolute Gasteiger partial charge is 0.0921 e. The van der Waals surface area contributed by atoms with E-state index < -0.39 is 8.46 Å². The summed E-state index contributed by atoms with van der Waals surface area (Å²) in [6, 6.07) is 6.02. The van der Waals surface area contributed by atoms with E-state index >= 15 is 0 Å². The molecule has 1 aromatic rings. The second-order valence-corrected chi connectivity index (χ2v) is 3.44. The van der Waals surface area contributed by atoms with E-state index in [-0.39, 0.29) is 0 Å². The monoisotopic (exact) mass is 154 g/mol. The lowest BCUT2D eigenvalue weighted by Gasteiger charge is -1.96. The highest BCUT2D eigenvalue weighted by molar-refractivity contribution is 7.34. The SMILES string of the molecule is Cc1cc(C)cc([PH2]=O)c1. The Bertz CT molecular complexity index is 235. The van der Waals surface area contributed by atoms with Crippen LogP contribution in [-0.4, -0.2) is 0 Å². The minimum Gasteiger partial charge on any atom is -0.325 e. The van der Waals surface area contributed by atoms with Crippen LogP contribution in [0.1, 0.15) is 11.1 Å². The largest absolute Gasteiger partial charge is 0.325 e. The third kappa shape index (κ3) is 1.71. The maximum Gasteiger partial charge on any atom is 0.0921 e. The predicted octanol–water partition coefficient (Wildman–Crippen LogP) is 1.69. The molecule has 1 atom stereocenters. The number of rotatable bonds is 1. The maximum absolute atomic E-state index is 10.5. The Labute approximate surface area is 62.3 Å². The second-order valence-electron chi connectivity index (χ2n) is 2.54. The lowest BCUT2D eigenvalue weighted by molar-refractivity contribution is 0.603. The van der Waals surface area contributed by atoms with Crippen molar-refractivity contribution in [1.82, 2.24) is 0 Å². The van der Waals surface area contributed by atoms with Gasteiger partial charge in [0.1, 0.15) is 0 Å². The fraction of sp³-hybridized carbons (Fsp3) is 0.250. The number of hydrogen-bond acceptors (Lipinski definition) is 1. The Morgan fingerprint density at radius 1 is 1.10 bits per heavy atom. The van der Waals surface area contributed by atoms with E-state index in [2.05, 4.69) is 6.07 Å². The summed E-state index contributed by atoms with van der Waals surface area (Å²) in [4.78, 5) is 0. The van der Waals surface area contributed by atoms with E-state index in [1.54, 1.807) is 0 Å². The Balaban J connectivity index is 3.18. The van der Waals surface area contributed by atoms with Crippen LogP contribution in [0.25, 0.3) is 0 Å². The molecule has 1 nitrogen and oxygen atoms in total. The third-order valence-corrected chi connectivity index (χ3v) is 1.99. The van der Waals surface area contributed by atoms with Gasteiger partial charge in [-0.25, -0.2) is 0 Å². The second kappa shape index (κ2) is 3.03. The molecule has 0 aliphatic heterocycles. The molecule has 1 rings (SSSR count). The van der Waals surface area contributed by atoms with Crippen LogP contribution in [0.15, 0.2) is 18.2 Å². The Morgan fingerprint density at radius 2 is 1.60 bits per heavy atom. The van der Waals surface area contributed by atoms with Gasteiger partial charge in [-0.05, 0) is 26.0 Å². The summed E-state index contributed by atoms with van der Waals surface area (Å²) in [5, 5.41) is 0.970. The molecule has 0 amide bonds. The van der Waals surface area contributed by atoms with Crippen molar-refractivity contribution in [3.05, 3.63) is 29.3 Å². The standard InChI is InChI=1S/C8H11OP/c1-6-3-7(2)5-8(4-6)10-9/h3-5H,10H2,1-2H3. The third-order valence-electron chi connectivity index (χ3n) is 1.38. The number of benzene rings is 1. The van der Waals surface area contributed by atoms with Crippen molar-refractivity contribution in [2.75, 3.05) is 0 Å². The van der Waals surface area contributed by atoms with Crippen LogP contribution < -0.4 is 5.30 Å². The molecule has 1 unspecified atom stereocenters. The van der Waals surface area contributed by atoms with E-state index in [4.69, 9.17) is 0 Å². The van der Waals surface area contributed by atoms with E-state index in [9.17, 15) is 4.57 Å². The highest BCUT2D eigenvalue weighted by Gasteiger charge is 1.90. The molecule has 0 bridgehead atoms. The van der Waals surface area contributed by atoms with Crippen LogP contribution in [0.3, 0.4) is 0 Å². The molecule has 1 aromatic carbocycles. The van der Waals surface area contributed by atoms with Crippen molar-refractivity contribution in [3.8, 4) is 0 Å². The summed E-state index contributed by atoms with van der Waals surface area (Å²) in [6.07, 6.45) is 0. The fourth-order valence-electron chi connectivity index (χ4n) is 1.08. The zero-order valence-electron chi connectivity index (χ0n) is 6.22. The molecular weight excluding hydrogens is 143 g/mol. The lowest BCUT2D eigenvalue weighted by atomic mass is 10.2. The summed E-state index contributed by atoms with van der Waals surface area (Å²) in [5.74, 6) is 0. The van der Waals surface area contributed by atoms with Crippen molar-refractivity contribution >= 4 is 13.8 Å². The van der Waals surface area contributed by atoms with Gasteiger partial charge in [-0.15, -0.1) is 0 Å². The van der Waals surface area contributed by atoms with E-state index in [0.29, 0.717) is 0 Å². The Hall–Kier alpha value is -0.550. The molecule has 2 heteroatoms. The molecule has 0 spiro atoms. The summed E-state index contributed by atoms with van der Waals surface area (Å²) < 4.78 is 10.5. The predicted molar refractivity (Wildman–Crippen MR) is 45.9 cm³/mol. The van der Waals surface area contributed by atoms with Crippen LogP contribution in [-0.2, 0) is 4.57 Å². The molecular formula is C8H11OP. The Morgan fingerprint density at radius 3 is 2.00 bits per heavy atom. The average Bonchev–Trinajstić information content (AvgIpc) is 1.85. The van der Waals surface area contributed by atoms with Crippen molar-refractivity contribution in [2.45, 2.75) is 13.8 Å². The maximum atomic E-state index is 10.5. The highest BCUT2D eigenvalue weighted by atomic mass is 31.1. The van der Waals surface area contributed by atoms with Gasteiger partial charge in [0.2, 0.25) is 0 Å². The first-order valence-corrected chi connectivity index (χ1v) is 4.31. The topological polar surface area (TPSA) is 17.1 Å². The van der Waals surface area contributed by atoms with Crippen molar-refractivity contribution < 1.29 is 4.57 Å². The molecule has 0 saturated carbocycles. The molecule has 0 fully saturated rings. The van der Waals surface area contributed by atoms with Gasteiger partial charge >= 0.3 is 0 Å². The van der Waals surface area contributed by atoms with Crippen molar-refractivity contribution in [2.24, 2.45) is 0 Å². The van der Waals surface area contributed by atoms with Crippen LogP contribution in [0.4, 0.5) is 0 Å². The molecule has 0 aliphatic carbocycles. The first-order chi connectivity index (χ1) is 4.72. The minimum atomic E-state index is -0.764. The average molecular weight is 154 g/mol. The van der Waals surface area contributed by atoms with Gasteiger partial charge in [-0.2, -0.15) is 0 Å². The normalized spacial score (nSPS) is 11.0. The molecule has 0 aliphatic rings. The summed E-state index contributed by atoms with van der Waals surface area (Å²) in [7, 11) is -0.764. The highest BCUT2D eigenvalue weighted by Crippen LogP contribution is 2.04. The quantitative estimate of drug-likeness (QED) is 0.562. The van der Waals surface area contributed by atoms with Gasteiger partial charge in [-0.3, -0.25) is 0 Å². The lowest BCUT2D eigenvalue weighted by Crippen LogP contribution is -1.92. The van der Waals surface area contributed by atoms with Crippen LogP contribution in [0.5, 0.6) is 0 Å². The summed E-state index contributed by atoms with van der Waals surface area (Å²) in [6.45, 7) is 4.04. The molecule has 0 N–H and O–H groups in total. The van der Waals surface area contributed by atoms with Crippen LogP contribution >= 0.6 is 8.46 Å². The van der Waals surface area contributed by atoms with Crippen molar-refractivity contribution in [3.63, 3.8) is 0 Å². The van der Waals surface area contributed by atoms with Gasteiger partial charge in [0.05, 0.1) is 8.46 Å². The zero-order valence-corrected chi connectivity index (χ0v) is 7.37. The molecule has 0 heterocycles. The summed E-state index contributed by atoms with van der Waals surface area (Å²) >= 11 is 0. The van der Waals surface area contributed by atoms with Gasteiger partial charge < -0.3 is 4.57 Å². The van der Waals surface area contributed by atoms with Gasteiger partial charge in [0.15, 0.2) is 0 Å². The summed E-state index contributed by atoms with van der Waals surface area (Å²) in [5.41, 5.74) is 2.39. The number of hydrogen-bond donors (Lipinski definition) is 0. The van der Waals surface area contributed by atoms with Gasteiger partial charge in [0, 0.05) is 5.30 Å². The first-order valence-electron chi connectivity index (χ1n) is 3.26. The van der Waals surface area contributed by atoms with E-state index in [0.717, 1.165) is 5.30 Å². The van der Waals surface area contributed by atoms with Gasteiger partial charge in [0.25, 0.3) is 0 Å². The van der Waals surface area contributed by atoms with Crippen LogP contribution in [0.2, 0.25) is 0 Å². The van der Waals surface area contributed by atoms with Gasteiger partial charge in [-0.1, -0.05) is 17.2 Å². The first kappa shape index (κ1) is 7.56.